The van der Waals surface area contributed by atoms with Gasteiger partial charge in [-0.05, 0) is 42.0 Å². The summed E-state index contributed by atoms with van der Waals surface area (Å²) in [7, 11) is 1.36. The van der Waals surface area contributed by atoms with Gasteiger partial charge in [0, 0.05) is 34.8 Å². The van der Waals surface area contributed by atoms with Crippen LogP contribution in [0.25, 0.3) is 10.9 Å². The van der Waals surface area contributed by atoms with Crippen LogP contribution in [0.4, 0.5) is 0 Å². The topological polar surface area (TPSA) is 92.9 Å². The highest BCUT2D eigenvalue weighted by Gasteiger charge is 2.10. The zero-order chi connectivity index (χ0) is 22.5. The molecule has 0 aliphatic rings. The molecule has 1 amide bonds. The van der Waals surface area contributed by atoms with Crippen LogP contribution in [0.2, 0.25) is 0 Å². The Hall–Kier alpha value is -4.39. The monoisotopic (exact) mass is 427 g/mol. The van der Waals surface area contributed by atoms with Gasteiger partial charge in [-0.3, -0.25) is 4.79 Å². The Kier molecular flexibility index (Phi) is 5.98. The number of ether oxygens (including phenoxy) is 1. The molecule has 32 heavy (non-hydrogen) atoms. The molecule has 1 heterocycles. The predicted molar refractivity (Wildman–Crippen MR) is 122 cm³/mol. The molecule has 0 saturated carbocycles. The van der Waals surface area contributed by atoms with Gasteiger partial charge in [0.15, 0.2) is 0 Å². The van der Waals surface area contributed by atoms with Crippen molar-refractivity contribution in [2.75, 3.05) is 7.11 Å². The fraction of sp³-hybridized carbons (Fsp3) is 0.0800. The van der Waals surface area contributed by atoms with Crippen LogP contribution in [0.5, 0.6) is 5.75 Å². The third-order valence-corrected chi connectivity index (χ3v) is 5.00. The molecule has 1 aromatic heterocycles. The van der Waals surface area contributed by atoms with Gasteiger partial charge >= 0.3 is 5.97 Å². The van der Waals surface area contributed by atoms with Crippen LogP contribution in [-0.2, 0) is 11.3 Å². The molecule has 0 fully saturated rings. The first-order valence-electron chi connectivity index (χ1n) is 9.93. The molecule has 160 valence electrons. The van der Waals surface area contributed by atoms with Crippen molar-refractivity contribution in [1.29, 1.82) is 0 Å². The highest BCUT2D eigenvalue weighted by atomic mass is 16.5. The molecule has 0 unspecified atom stereocenters. The number of aromatic hydroxyl groups is 1. The van der Waals surface area contributed by atoms with Crippen LogP contribution in [0.1, 0.15) is 31.8 Å². The SMILES string of the molecule is COC(=O)c1cccc(Cn2cc(/C=N/NC(=O)c3cccc(O)c3)c3ccccc32)c1. The fourth-order valence-electron chi connectivity index (χ4n) is 3.49. The number of fused-ring (bicyclic) bond motifs is 1. The zero-order valence-corrected chi connectivity index (χ0v) is 17.4. The summed E-state index contributed by atoms with van der Waals surface area (Å²) in [6.45, 7) is 0.550. The Bertz CT molecular complexity index is 1320. The Morgan fingerprint density at radius 3 is 2.62 bits per heavy atom. The lowest BCUT2D eigenvalue weighted by atomic mass is 10.1. The lowest BCUT2D eigenvalue weighted by molar-refractivity contribution is 0.0600. The predicted octanol–water partition coefficient (Wildman–Crippen LogP) is 3.95. The molecule has 0 aliphatic heterocycles. The number of nitrogens with one attached hydrogen (secondary N) is 1. The fourth-order valence-corrected chi connectivity index (χ4v) is 3.49. The average molecular weight is 427 g/mol. The van der Waals surface area contributed by atoms with E-state index in [1.165, 1.54) is 19.2 Å². The number of hydrazone groups is 1. The van der Waals surface area contributed by atoms with E-state index in [9.17, 15) is 14.7 Å². The first kappa shape index (κ1) is 20.9. The molecule has 0 radical (unpaired) electrons. The van der Waals surface area contributed by atoms with Crippen LogP contribution < -0.4 is 5.43 Å². The molecule has 0 spiro atoms. The number of carbonyl (C=O) groups excluding carboxylic acids is 2. The minimum Gasteiger partial charge on any atom is -0.508 e. The third-order valence-electron chi connectivity index (χ3n) is 5.00. The van der Waals surface area contributed by atoms with Crippen LogP contribution >= 0.6 is 0 Å². The number of methoxy groups -OCH3 is 1. The number of aromatic nitrogens is 1. The maximum absolute atomic E-state index is 12.2. The Morgan fingerprint density at radius 1 is 1.03 bits per heavy atom. The summed E-state index contributed by atoms with van der Waals surface area (Å²) < 4.78 is 6.87. The molecule has 0 saturated heterocycles. The van der Waals surface area contributed by atoms with Gasteiger partial charge in [0.25, 0.3) is 5.91 Å². The number of esters is 1. The van der Waals surface area contributed by atoms with E-state index in [2.05, 4.69) is 15.1 Å². The normalized spacial score (nSPS) is 11.0. The van der Waals surface area contributed by atoms with Crippen molar-refractivity contribution in [1.82, 2.24) is 9.99 Å². The first-order valence-corrected chi connectivity index (χ1v) is 9.93. The maximum atomic E-state index is 12.2. The summed E-state index contributed by atoms with van der Waals surface area (Å²) in [5, 5.41) is 14.6. The highest BCUT2D eigenvalue weighted by Crippen LogP contribution is 2.22. The van der Waals surface area contributed by atoms with Gasteiger partial charge in [0.2, 0.25) is 0 Å². The Morgan fingerprint density at radius 2 is 1.81 bits per heavy atom. The molecule has 7 nitrogen and oxygen atoms in total. The molecular formula is C25H21N3O4. The Labute approximate surface area is 184 Å². The minimum absolute atomic E-state index is 0.0148. The molecular weight excluding hydrogens is 406 g/mol. The molecule has 2 N–H and O–H groups in total. The van der Waals surface area contributed by atoms with Crippen LogP contribution in [0, 0.1) is 0 Å². The summed E-state index contributed by atoms with van der Waals surface area (Å²) in [4.78, 5) is 24.1. The first-order chi connectivity index (χ1) is 15.5. The van der Waals surface area contributed by atoms with E-state index in [-0.39, 0.29) is 11.7 Å². The summed E-state index contributed by atoms with van der Waals surface area (Å²) in [6, 6.07) is 21.2. The molecule has 0 atom stereocenters. The number of hydrogen-bond donors (Lipinski definition) is 2. The van der Waals surface area contributed by atoms with Crippen LogP contribution in [-0.4, -0.2) is 34.9 Å². The van der Waals surface area contributed by atoms with Gasteiger partial charge in [0.1, 0.15) is 5.75 Å². The lowest BCUT2D eigenvalue weighted by Crippen LogP contribution is -2.17. The van der Waals surface area contributed by atoms with E-state index in [4.69, 9.17) is 4.74 Å². The summed E-state index contributed by atoms with van der Waals surface area (Å²) in [6.07, 6.45) is 3.53. The summed E-state index contributed by atoms with van der Waals surface area (Å²) in [5.41, 5.74) is 6.08. The van der Waals surface area contributed by atoms with Crippen molar-refractivity contribution in [2.45, 2.75) is 6.54 Å². The van der Waals surface area contributed by atoms with Crippen molar-refractivity contribution in [3.63, 3.8) is 0 Å². The smallest absolute Gasteiger partial charge is 0.337 e. The zero-order valence-electron chi connectivity index (χ0n) is 17.4. The number of nitrogens with zero attached hydrogens (tertiary/aromatic N) is 2. The standard InChI is InChI=1S/C25H21N3O4/c1-32-25(31)19-8-4-6-17(12-19)15-28-16-20(22-10-2-3-11-23(22)28)14-26-27-24(30)18-7-5-9-21(29)13-18/h2-14,16,29H,15H2,1H3,(H,27,30)/b26-14+. The lowest BCUT2D eigenvalue weighted by Gasteiger charge is -2.07. The second-order valence-corrected chi connectivity index (χ2v) is 7.17. The van der Waals surface area contributed by atoms with Crippen molar-refractivity contribution >= 4 is 29.0 Å². The van der Waals surface area contributed by atoms with Gasteiger partial charge in [0.05, 0.1) is 18.9 Å². The number of carbonyl (C=O) groups is 2. The number of phenols is 1. The van der Waals surface area contributed by atoms with E-state index in [1.807, 2.05) is 48.7 Å². The quantitative estimate of drug-likeness (QED) is 0.277. The van der Waals surface area contributed by atoms with Gasteiger partial charge in [-0.1, -0.05) is 36.4 Å². The van der Waals surface area contributed by atoms with Crippen LogP contribution in [0.15, 0.2) is 84.1 Å². The number of benzene rings is 3. The summed E-state index contributed by atoms with van der Waals surface area (Å²) >= 11 is 0. The molecule has 3 aromatic carbocycles. The van der Waals surface area contributed by atoms with E-state index >= 15 is 0 Å². The molecule has 0 aliphatic carbocycles. The van der Waals surface area contributed by atoms with Gasteiger partial charge in [-0.25, -0.2) is 10.2 Å². The number of phenolic OH excluding ortho intramolecular Hbond substituents is 1. The van der Waals surface area contributed by atoms with Crippen molar-refractivity contribution in [3.05, 3.63) is 101 Å². The molecule has 4 rings (SSSR count). The van der Waals surface area contributed by atoms with E-state index < -0.39 is 5.91 Å². The van der Waals surface area contributed by atoms with Gasteiger partial charge < -0.3 is 14.4 Å². The molecule has 7 heteroatoms. The Balaban J connectivity index is 1.57. The number of rotatable bonds is 6. The maximum Gasteiger partial charge on any atom is 0.337 e. The second-order valence-electron chi connectivity index (χ2n) is 7.17. The van der Waals surface area contributed by atoms with Crippen molar-refractivity contribution in [3.8, 4) is 5.75 Å². The van der Waals surface area contributed by atoms with Crippen molar-refractivity contribution in [2.24, 2.45) is 5.10 Å². The molecule has 4 aromatic rings. The largest absolute Gasteiger partial charge is 0.508 e. The van der Waals surface area contributed by atoms with E-state index in [0.29, 0.717) is 17.7 Å². The van der Waals surface area contributed by atoms with Crippen molar-refractivity contribution < 1.29 is 19.4 Å². The van der Waals surface area contributed by atoms with E-state index in [0.717, 1.165) is 22.0 Å². The minimum atomic E-state index is -0.416. The average Bonchev–Trinajstić information content (AvgIpc) is 3.16. The molecule has 0 bridgehead atoms. The van der Waals surface area contributed by atoms with Crippen LogP contribution in [0.3, 0.4) is 0 Å². The summed E-state index contributed by atoms with van der Waals surface area (Å²) in [5.74, 6) is -0.777. The number of para-hydroxylation sites is 1. The van der Waals surface area contributed by atoms with E-state index in [1.54, 1.807) is 24.4 Å². The second kappa shape index (κ2) is 9.18. The number of hydrogen-bond acceptors (Lipinski definition) is 5. The number of amides is 1. The van der Waals surface area contributed by atoms with Gasteiger partial charge in [-0.15, -0.1) is 0 Å². The highest BCUT2D eigenvalue weighted by molar-refractivity contribution is 6.00. The third kappa shape index (κ3) is 4.52. The van der Waals surface area contributed by atoms with Gasteiger partial charge in [-0.2, -0.15) is 5.10 Å².